The second-order valence-corrected chi connectivity index (χ2v) is 16.5. The van der Waals surface area contributed by atoms with Gasteiger partial charge in [0.25, 0.3) is 0 Å². The van der Waals surface area contributed by atoms with Gasteiger partial charge in [-0.1, -0.05) is 78.9 Å². The van der Waals surface area contributed by atoms with Crippen molar-refractivity contribution in [2.24, 2.45) is 35.0 Å². The number of carbonyl (C=O) groups is 4. The number of hydrogen-bond acceptors (Lipinski definition) is 4. The normalized spacial score (nSPS) is 29.0. The maximum atomic E-state index is 15.0. The summed E-state index contributed by atoms with van der Waals surface area (Å²) in [5.74, 6) is -1.62. The molecule has 0 radical (unpaired) electrons. The molecule has 0 aliphatic heterocycles. The molecule has 6 bridgehead atoms. The van der Waals surface area contributed by atoms with E-state index >= 15 is 0 Å². The number of amides is 3. The molecule has 4 fully saturated rings. The van der Waals surface area contributed by atoms with Crippen molar-refractivity contribution in [2.75, 3.05) is 11.9 Å². The summed E-state index contributed by atoms with van der Waals surface area (Å²) in [4.78, 5) is 55.3. The topological polar surface area (TPSA) is 125 Å². The van der Waals surface area contributed by atoms with Gasteiger partial charge in [-0.25, -0.2) is 4.79 Å². The Bertz CT molecular complexity index is 1990. The molecule has 4 aromatic rings. The van der Waals surface area contributed by atoms with Crippen LogP contribution in [0.15, 0.2) is 103 Å². The van der Waals surface area contributed by atoms with Gasteiger partial charge in [0.15, 0.2) is 0 Å². The Morgan fingerprint density at radius 1 is 0.642 bits per heavy atom. The highest BCUT2D eigenvalue weighted by Gasteiger charge is 2.56. The van der Waals surface area contributed by atoms with Crippen LogP contribution in [0.4, 0.5) is 5.69 Å². The van der Waals surface area contributed by atoms with E-state index < -0.39 is 29.8 Å². The predicted octanol–water partition coefficient (Wildman–Crippen LogP) is 6.91. The van der Waals surface area contributed by atoms with E-state index in [-0.39, 0.29) is 41.0 Å². The first-order valence-corrected chi connectivity index (χ1v) is 19.2. The van der Waals surface area contributed by atoms with Crippen molar-refractivity contribution >= 4 is 29.4 Å². The van der Waals surface area contributed by atoms with Crippen LogP contribution in [0.1, 0.15) is 88.5 Å². The van der Waals surface area contributed by atoms with Gasteiger partial charge in [0.1, 0.15) is 6.04 Å². The first-order valence-electron chi connectivity index (χ1n) is 19.2. The highest BCUT2D eigenvalue weighted by molar-refractivity contribution is 5.99. The van der Waals surface area contributed by atoms with Crippen molar-refractivity contribution < 1.29 is 24.3 Å². The van der Waals surface area contributed by atoms with Crippen LogP contribution in [0, 0.1) is 35.0 Å². The van der Waals surface area contributed by atoms with E-state index in [0.29, 0.717) is 12.2 Å². The first kappa shape index (κ1) is 33.6. The van der Waals surface area contributed by atoms with E-state index in [2.05, 4.69) is 40.2 Å². The number of nitrogens with one attached hydrogen (secondary N) is 3. The van der Waals surface area contributed by atoms with Crippen molar-refractivity contribution in [3.8, 4) is 0 Å². The summed E-state index contributed by atoms with van der Waals surface area (Å²) >= 11 is 0. The van der Waals surface area contributed by atoms with Gasteiger partial charge in [0.2, 0.25) is 17.7 Å². The molecule has 8 nitrogen and oxygen atoms in total. The van der Waals surface area contributed by atoms with E-state index in [1.54, 1.807) is 12.1 Å². The van der Waals surface area contributed by atoms with Gasteiger partial charge in [0, 0.05) is 30.5 Å². The number of anilines is 1. The predicted molar refractivity (Wildman–Crippen MR) is 201 cm³/mol. The van der Waals surface area contributed by atoms with Gasteiger partial charge in [0.05, 0.1) is 17.4 Å². The fourth-order valence-corrected chi connectivity index (χ4v) is 11.5. The van der Waals surface area contributed by atoms with E-state index in [1.807, 2.05) is 54.6 Å². The zero-order chi connectivity index (χ0) is 36.3. The van der Waals surface area contributed by atoms with Crippen LogP contribution in [0.5, 0.6) is 0 Å². The summed E-state index contributed by atoms with van der Waals surface area (Å²) in [5.41, 5.74) is 5.87. The number of carboxylic acids is 1. The number of benzene rings is 4. The van der Waals surface area contributed by atoms with Crippen molar-refractivity contribution in [1.82, 2.24) is 10.6 Å². The van der Waals surface area contributed by atoms with E-state index in [4.69, 9.17) is 0 Å². The number of carboxylic acid groups (broad SMARTS) is 1. The smallest absolute Gasteiger partial charge is 0.335 e. The maximum absolute atomic E-state index is 15.0. The van der Waals surface area contributed by atoms with Crippen LogP contribution in [0.2, 0.25) is 0 Å². The summed E-state index contributed by atoms with van der Waals surface area (Å²) in [5, 5.41) is 18.8. The third-order valence-corrected chi connectivity index (χ3v) is 13.2. The molecule has 3 amide bonds. The molecular formula is C45H45N3O5. The molecule has 270 valence electrons. The van der Waals surface area contributed by atoms with Crippen LogP contribution in [0.25, 0.3) is 0 Å². The summed E-state index contributed by atoms with van der Waals surface area (Å²) in [6, 6.07) is 31.0. The SMILES string of the molecule is O=C(O)c1ccc(NC(=O)[C@H](Cc2ccccc2)NC(=O)C2C3c4ccccc4C(c4ccccc43)C2C(=O)NCC23CC4CC(CC(C4)C2)C3)cc1. The van der Waals surface area contributed by atoms with Crippen LogP contribution >= 0.6 is 0 Å². The minimum absolute atomic E-state index is 0.0810. The Balaban J connectivity index is 1.04. The van der Waals surface area contributed by atoms with Gasteiger partial charge >= 0.3 is 5.97 Å². The lowest BCUT2D eigenvalue weighted by Gasteiger charge is -2.57. The average Bonchev–Trinajstić information content (AvgIpc) is 3.16. The minimum Gasteiger partial charge on any atom is -0.478 e. The number of fused-ring (bicyclic) bond motifs is 1. The third-order valence-electron chi connectivity index (χ3n) is 13.2. The lowest BCUT2D eigenvalue weighted by Crippen LogP contribution is -2.57. The molecule has 7 aliphatic carbocycles. The number of aromatic carboxylic acids is 1. The monoisotopic (exact) mass is 707 g/mol. The number of rotatable bonds is 10. The van der Waals surface area contributed by atoms with Gasteiger partial charge in [-0.05, 0) is 114 Å². The Labute approximate surface area is 309 Å². The highest BCUT2D eigenvalue weighted by atomic mass is 16.4. The van der Waals surface area contributed by atoms with Crippen molar-refractivity contribution in [3.63, 3.8) is 0 Å². The van der Waals surface area contributed by atoms with Crippen LogP contribution in [-0.4, -0.2) is 41.4 Å². The Morgan fingerprint density at radius 2 is 1.13 bits per heavy atom. The summed E-state index contributed by atoms with van der Waals surface area (Å²) in [7, 11) is 0. The molecule has 8 heteroatoms. The quantitative estimate of drug-likeness (QED) is 0.143. The Morgan fingerprint density at radius 3 is 1.64 bits per heavy atom. The van der Waals surface area contributed by atoms with Gasteiger partial charge in [-0.15, -0.1) is 0 Å². The molecule has 0 spiro atoms. The molecule has 0 saturated heterocycles. The standard InChI is InChI=1S/C45H45N3O5/c49-41(47-31-16-14-30(15-17-31)44(52)53)36(21-26-8-2-1-3-9-26)48-43(51)40-38-34-12-6-4-10-32(34)37(33-11-5-7-13-35(33)38)39(40)42(50)46-25-45-22-27-18-28(23-45)20-29(19-27)24-45/h1-17,27-29,36-40H,18-25H2,(H,46,50)(H,47,49)(H,48,51)(H,52,53)/t27?,28?,29?,36-,37?,38?,39?,40?,45?/m0/s1. The molecule has 11 rings (SSSR count). The van der Waals surface area contributed by atoms with Crippen LogP contribution in [0.3, 0.4) is 0 Å². The average molecular weight is 708 g/mol. The molecule has 53 heavy (non-hydrogen) atoms. The van der Waals surface area contributed by atoms with Crippen molar-refractivity contribution in [1.29, 1.82) is 0 Å². The lowest BCUT2D eigenvalue weighted by atomic mass is 9.49. The van der Waals surface area contributed by atoms with Gasteiger partial charge < -0.3 is 21.1 Å². The molecule has 0 heterocycles. The zero-order valence-electron chi connectivity index (χ0n) is 29.7. The number of hydrogen-bond donors (Lipinski definition) is 4. The molecular weight excluding hydrogens is 663 g/mol. The molecule has 0 aromatic heterocycles. The Kier molecular flexibility index (Phi) is 8.44. The number of carbonyl (C=O) groups excluding carboxylic acids is 3. The first-order chi connectivity index (χ1) is 25.7. The van der Waals surface area contributed by atoms with Crippen LogP contribution in [-0.2, 0) is 20.8 Å². The van der Waals surface area contributed by atoms with Crippen molar-refractivity contribution in [3.05, 3.63) is 137 Å². The molecule has 7 aliphatic rings. The van der Waals surface area contributed by atoms with Gasteiger partial charge in [-0.2, -0.15) is 0 Å². The zero-order valence-corrected chi connectivity index (χ0v) is 29.7. The maximum Gasteiger partial charge on any atom is 0.335 e. The highest BCUT2D eigenvalue weighted by Crippen LogP contribution is 2.61. The van der Waals surface area contributed by atoms with E-state index in [1.165, 1.54) is 50.7 Å². The van der Waals surface area contributed by atoms with E-state index in [9.17, 15) is 24.3 Å². The second kappa shape index (κ2) is 13.3. The van der Waals surface area contributed by atoms with E-state index in [0.717, 1.165) is 45.6 Å². The fraction of sp³-hybridized carbons (Fsp3) is 0.378. The summed E-state index contributed by atoms with van der Waals surface area (Å²) in [6.07, 6.45) is 7.79. The fourth-order valence-electron chi connectivity index (χ4n) is 11.5. The van der Waals surface area contributed by atoms with Crippen molar-refractivity contribution in [2.45, 2.75) is 62.8 Å². The Hall–Kier alpha value is -5.24. The molecule has 2 unspecified atom stereocenters. The largest absolute Gasteiger partial charge is 0.478 e. The molecule has 4 N–H and O–H groups in total. The third kappa shape index (κ3) is 6.12. The molecule has 4 saturated carbocycles. The second-order valence-electron chi connectivity index (χ2n) is 16.5. The molecule has 3 atom stereocenters. The minimum atomic E-state index is -1.06. The summed E-state index contributed by atoms with van der Waals surface area (Å²) < 4.78 is 0. The molecule has 4 aromatic carbocycles. The summed E-state index contributed by atoms with van der Waals surface area (Å²) in [6.45, 7) is 0.653. The van der Waals surface area contributed by atoms with Crippen LogP contribution < -0.4 is 16.0 Å². The van der Waals surface area contributed by atoms with Gasteiger partial charge in [-0.3, -0.25) is 14.4 Å². The lowest BCUT2D eigenvalue weighted by molar-refractivity contribution is -0.139.